The molecule has 0 spiro atoms. The SMILES string of the molecule is C[C@H]1Oc2cccnc2N(C)C(=O)[C@H]1NC(=O)c1nn(Cc2cccc(C#N)c2)cc1F. The number of hydrogen-bond donors (Lipinski definition) is 1. The molecule has 1 aromatic carbocycles. The van der Waals surface area contributed by atoms with Gasteiger partial charge >= 0.3 is 0 Å². The molecule has 1 aliphatic heterocycles. The van der Waals surface area contributed by atoms with Crippen LogP contribution in [0, 0.1) is 17.1 Å². The summed E-state index contributed by atoms with van der Waals surface area (Å²) in [5.74, 6) is -1.38. The maximum Gasteiger partial charge on any atom is 0.275 e. The molecular formula is C22H19FN6O3. The van der Waals surface area contributed by atoms with Crippen LogP contribution in [0.5, 0.6) is 5.75 Å². The highest BCUT2D eigenvalue weighted by Gasteiger charge is 2.37. The highest BCUT2D eigenvalue weighted by Crippen LogP contribution is 2.29. The lowest BCUT2D eigenvalue weighted by Crippen LogP contribution is -2.53. The number of nitrogens with one attached hydrogen (secondary N) is 1. The molecule has 9 nitrogen and oxygen atoms in total. The first-order chi connectivity index (χ1) is 15.4. The average Bonchev–Trinajstić information content (AvgIpc) is 3.12. The normalized spacial score (nSPS) is 17.7. The molecule has 2 amide bonds. The van der Waals surface area contributed by atoms with Crippen molar-refractivity contribution in [3.8, 4) is 11.8 Å². The number of aromatic nitrogens is 3. The molecule has 1 N–H and O–H groups in total. The minimum atomic E-state index is -1.07. The van der Waals surface area contributed by atoms with Crippen molar-refractivity contribution in [3.05, 3.63) is 71.4 Å². The molecule has 2 aromatic heterocycles. The highest BCUT2D eigenvalue weighted by atomic mass is 19.1. The smallest absolute Gasteiger partial charge is 0.275 e. The number of anilines is 1. The van der Waals surface area contributed by atoms with E-state index >= 15 is 0 Å². The number of amides is 2. The molecule has 32 heavy (non-hydrogen) atoms. The molecule has 0 radical (unpaired) electrons. The molecule has 0 unspecified atom stereocenters. The Labute approximate surface area is 183 Å². The summed E-state index contributed by atoms with van der Waals surface area (Å²) < 4.78 is 21.6. The van der Waals surface area contributed by atoms with E-state index in [4.69, 9.17) is 10.00 Å². The van der Waals surface area contributed by atoms with Gasteiger partial charge in [0.05, 0.1) is 24.4 Å². The monoisotopic (exact) mass is 434 g/mol. The van der Waals surface area contributed by atoms with Gasteiger partial charge in [0.15, 0.2) is 23.1 Å². The van der Waals surface area contributed by atoms with E-state index in [2.05, 4.69) is 15.4 Å². The molecule has 10 heteroatoms. The predicted molar refractivity (Wildman–Crippen MR) is 111 cm³/mol. The molecule has 162 valence electrons. The van der Waals surface area contributed by atoms with E-state index in [9.17, 15) is 14.0 Å². The highest BCUT2D eigenvalue weighted by molar-refractivity contribution is 6.02. The maximum atomic E-state index is 14.5. The molecule has 0 saturated carbocycles. The first-order valence-corrected chi connectivity index (χ1v) is 9.79. The summed E-state index contributed by atoms with van der Waals surface area (Å²) in [6, 6.07) is 11.1. The van der Waals surface area contributed by atoms with Gasteiger partial charge in [-0.2, -0.15) is 10.4 Å². The second-order valence-electron chi connectivity index (χ2n) is 7.33. The molecule has 0 saturated heterocycles. The van der Waals surface area contributed by atoms with Crippen molar-refractivity contribution in [1.29, 1.82) is 5.26 Å². The Balaban J connectivity index is 1.53. The fourth-order valence-electron chi connectivity index (χ4n) is 3.46. The van der Waals surface area contributed by atoms with Gasteiger partial charge in [-0.1, -0.05) is 12.1 Å². The Morgan fingerprint density at radius 1 is 1.34 bits per heavy atom. The molecule has 3 heterocycles. The van der Waals surface area contributed by atoms with Crippen LogP contribution in [0.1, 0.15) is 28.5 Å². The van der Waals surface area contributed by atoms with E-state index in [0.717, 1.165) is 11.8 Å². The van der Waals surface area contributed by atoms with E-state index in [1.165, 1.54) is 22.8 Å². The Bertz CT molecular complexity index is 1230. The number of rotatable bonds is 4. The molecule has 0 bridgehead atoms. The van der Waals surface area contributed by atoms with Crippen molar-refractivity contribution in [3.63, 3.8) is 0 Å². The Morgan fingerprint density at radius 2 is 2.16 bits per heavy atom. The number of ether oxygens (including phenoxy) is 1. The van der Waals surface area contributed by atoms with Crippen molar-refractivity contribution < 1.29 is 18.7 Å². The van der Waals surface area contributed by atoms with Crippen molar-refractivity contribution in [2.24, 2.45) is 0 Å². The van der Waals surface area contributed by atoms with Crippen molar-refractivity contribution in [1.82, 2.24) is 20.1 Å². The maximum absolute atomic E-state index is 14.5. The van der Waals surface area contributed by atoms with Crippen molar-refractivity contribution >= 4 is 17.6 Å². The predicted octanol–water partition coefficient (Wildman–Crippen LogP) is 1.88. The van der Waals surface area contributed by atoms with Gasteiger partial charge in [0.2, 0.25) is 0 Å². The van der Waals surface area contributed by atoms with Crippen LogP contribution in [-0.4, -0.2) is 45.8 Å². The summed E-state index contributed by atoms with van der Waals surface area (Å²) in [5.41, 5.74) is 0.754. The number of nitriles is 1. The van der Waals surface area contributed by atoms with Crippen LogP contribution in [0.3, 0.4) is 0 Å². The van der Waals surface area contributed by atoms with Gasteiger partial charge in [-0.15, -0.1) is 0 Å². The van der Waals surface area contributed by atoms with Gasteiger partial charge in [-0.05, 0) is 36.8 Å². The number of carbonyl (C=O) groups excluding carboxylic acids is 2. The summed E-state index contributed by atoms with van der Waals surface area (Å²) in [4.78, 5) is 31.1. The fraction of sp³-hybridized carbons (Fsp3) is 0.227. The van der Waals surface area contributed by atoms with Crippen LogP contribution in [0.25, 0.3) is 0 Å². The second-order valence-corrected chi connectivity index (χ2v) is 7.33. The van der Waals surface area contributed by atoms with Gasteiger partial charge in [-0.25, -0.2) is 9.37 Å². The van der Waals surface area contributed by atoms with Crippen LogP contribution >= 0.6 is 0 Å². The zero-order valence-corrected chi connectivity index (χ0v) is 17.3. The van der Waals surface area contributed by atoms with Crippen LogP contribution in [0.15, 0.2) is 48.8 Å². The fourth-order valence-corrected chi connectivity index (χ4v) is 3.46. The number of fused-ring (bicyclic) bond motifs is 1. The van der Waals surface area contributed by atoms with Crippen molar-refractivity contribution in [2.45, 2.75) is 25.6 Å². The topological polar surface area (TPSA) is 113 Å². The average molecular weight is 434 g/mol. The van der Waals surface area contributed by atoms with Crippen molar-refractivity contribution in [2.75, 3.05) is 11.9 Å². The Morgan fingerprint density at radius 3 is 2.94 bits per heavy atom. The molecular weight excluding hydrogens is 415 g/mol. The standard InChI is InChI=1S/C22H19FN6O3/c1-13-18(22(31)28(2)20-17(32-13)7-4-8-25-20)26-21(30)19-16(23)12-29(27-19)11-15-6-3-5-14(9-15)10-24/h3-9,12-13,18H,11H2,1-2H3,(H,26,30)/t13-,18+/m1/s1. The number of likely N-dealkylation sites (N-methyl/N-ethyl adjacent to an activating group) is 1. The summed E-state index contributed by atoms with van der Waals surface area (Å²) in [6.07, 6.45) is 1.90. The number of pyridine rings is 1. The lowest BCUT2D eigenvalue weighted by molar-refractivity contribution is -0.121. The number of benzene rings is 1. The van der Waals surface area contributed by atoms with Gasteiger partial charge in [0, 0.05) is 13.2 Å². The number of carbonyl (C=O) groups is 2. The summed E-state index contributed by atoms with van der Waals surface area (Å²) in [6.45, 7) is 1.81. The number of nitrogens with zero attached hydrogens (tertiary/aromatic N) is 5. The minimum absolute atomic E-state index is 0.172. The van der Waals surface area contributed by atoms with Crippen LogP contribution in [0.4, 0.5) is 10.2 Å². The third-order valence-corrected chi connectivity index (χ3v) is 5.07. The molecule has 2 atom stereocenters. The molecule has 1 aliphatic rings. The van der Waals surface area contributed by atoms with E-state index in [1.807, 2.05) is 6.07 Å². The summed E-state index contributed by atoms with van der Waals surface area (Å²) in [7, 11) is 1.53. The zero-order valence-electron chi connectivity index (χ0n) is 17.3. The quantitative estimate of drug-likeness (QED) is 0.671. The van der Waals surface area contributed by atoms with Crippen LogP contribution in [0.2, 0.25) is 0 Å². The van der Waals surface area contributed by atoms with Crippen LogP contribution in [-0.2, 0) is 11.3 Å². The first kappa shape index (κ1) is 21.0. The third kappa shape index (κ3) is 4.00. The lowest BCUT2D eigenvalue weighted by Gasteiger charge is -2.23. The number of hydrogen-bond acceptors (Lipinski definition) is 6. The molecule has 4 rings (SSSR count). The Kier molecular flexibility index (Phi) is 5.55. The van der Waals surface area contributed by atoms with E-state index < -0.39 is 35.5 Å². The lowest BCUT2D eigenvalue weighted by atomic mass is 10.1. The molecule has 0 fully saturated rings. The Hall–Kier alpha value is -4.26. The summed E-state index contributed by atoms with van der Waals surface area (Å²) >= 11 is 0. The molecule has 3 aromatic rings. The van der Waals surface area contributed by atoms with E-state index in [1.54, 1.807) is 43.3 Å². The third-order valence-electron chi connectivity index (χ3n) is 5.07. The van der Waals surface area contributed by atoms with Gasteiger partial charge in [0.1, 0.15) is 12.1 Å². The number of halogens is 1. The van der Waals surface area contributed by atoms with Gasteiger partial charge in [-0.3, -0.25) is 19.2 Å². The van der Waals surface area contributed by atoms with Gasteiger partial charge in [0.25, 0.3) is 11.8 Å². The zero-order chi connectivity index (χ0) is 22.8. The minimum Gasteiger partial charge on any atom is -0.484 e. The van der Waals surface area contributed by atoms with Gasteiger partial charge < -0.3 is 10.1 Å². The largest absolute Gasteiger partial charge is 0.484 e. The summed E-state index contributed by atoms with van der Waals surface area (Å²) in [5, 5.41) is 15.6. The molecule has 0 aliphatic carbocycles. The van der Waals surface area contributed by atoms with E-state index in [-0.39, 0.29) is 6.54 Å². The first-order valence-electron chi connectivity index (χ1n) is 9.79. The van der Waals surface area contributed by atoms with Crippen LogP contribution < -0.4 is 15.0 Å². The second kappa shape index (κ2) is 8.47. The van der Waals surface area contributed by atoms with E-state index in [0.29, 0.717) is 17.1 Å².